The van der Waals surface area contributed by atoms with E-state index >= 15 is 0 Å². The van der Waals surface area contributed by atoms with Crippen molar-refractivity contribution in [2.45, 2.75) is 6.92 Å². The molecule has 3 rings (SSSR count). The van der Waals surface area contributed by atoms with Gasteiger partial charge in [-0.05, 0) is 82.7 Å². The molecular weight excluding hydrogens is 524 g/mol. The smallest absolute Gasteiger partial charge is 0.294 e. The molecule has 2 aromatic rings. The van der Waals surface area contributed by atoms with Gasteiger partial charge in [0.15, 0.2) is 11.5 Å². The van der Waals surface area contributed by atoms with Gasteiger partial charge in [-0.3, -0.25) is 19.3 Å². The van der Waals surface area contributed by atoms with Gasteiger partial charge in [-0.25, -0.2) is 0 Å². The van der Waals surface area contributed by atoms with Gasteiger partial charge >= 0.3 is 0 Å². The number of ether oxygens (including phenoxy) is 3. The minimum Gasteiger partial charge on any atom is -0.494 e. The Balaban J connectivity index is 1.71. The Labute approximate surface area is 209 Å². The van der Waals surface area contributed by atoms with Crippen LogP contribution in [0.5, 0.6) is 17.2 Å². The Morgan fingerprint density at radius 1 is 1.24 bits per heavy atom. The lowest BCUT2D eigenvalue weighted by Gasteiger charge is -2.13. The highest BCUT2D eigenvalue weighted by Crippen LogP contribution is 2.39. The lowest BCUT2D eigenvalue weighted by Crippen LogP contribution is -2.36. The van der Waals surface area contributed by atoms with Gasteiger partial charge in [0.2, 0.25) is 5.91 Å². The molecular formula is C24H21BrN2O6S. The number of benzene rings is 2. The largest absolute Gasteiger partial charge is 0.494 e. The third-order valence-corrected chi connectivity index (χ3v) is 5.97. The summed E-state index contributed by atoms with van der Waals surface area (Å²) < 4.78 is 16.8. The maximum Gasteiger partial charge on any atom is 0.294 e. The van der Waals surface area contributed by atoms with Crippen LogP contribution in [-0.4, -0.2) is 48.8 Å². The molecule has 10 heteroatoms. The van der Waals surface area contributed by atoms with Gasteiger partial charge in [-0.15, -0.1) is 6.42 Å². The maximum absolute atomic E-state index is 12.8. The second kappa shape index (κ2) is 11.6. The van der Waals surface area contributed by atoms with Gasteiger partial charge in [-0.2, -0.15) is 0 Å². The van der Waals surface area contributed by atoms with E-state index in [1.54, 1.807) is 42.5 Å². The molecule has 1 aliphatic rings. The van der Waals surface area contributed by atoms with E-state index in [0.29, 0.717) is 39.6 Å². The van der Waals surface area contributed by atoms with Crippen molar-refractivity contribution >= 4 is 56.5 Å². The average molecular weight is 545 g/mol. The molecule has 1 N–H and O–H groups in total. The van der Waals surface area contributed by atoms with Gasteiger partial charge in [0, 0.05) is 5.69 Å². The molecule has 1 fully saturated rings. The molecule has 0 unspecified atom stereocenters. The van der Waals surface area contributed by atoms with Crippen molar-refractivity contribution in [1.82, 2.24) is 4.90 Å². The fraction of sp³-hybridized carbons (Fsp3) is 0.208. The molecule has 0 aliphatic carbocycles. The first kappa shape index (κ1) is 25.2. The van der Waals surface area contributed by atoms with E-state index in [0.717, 1.165) is 16.7 Å². The molecule has 8 nitrogen and oxygen atoms in total. The summed E-state index contributed by atoms with van der Waals surface area (Å²) in [5.41, 5.74) is 1.13. The summed E-state index contributed by atoms with van der Waals surface area (Å²) in [7, 11) is 1.48. The molecule has 0 bridgehead atoms. The quantitative estimate of drug-likeness (QED) is 0.365. The SMILES string of the molecule is C#CCOc1c(Br)cc(/C=C2/SC(=O)N(CC(=O)Nc3ccc(OCC)cc3)C2=O)cc1OC. The summed E-state index contributed by atoms with van der Waals surface area (Å²) in [5, 5.41) is 2.14. The van der Waals surface area contributed by atoms with Crippen LogP contribution in [0.1, 0.15) is 12.5 Å². The molecule has 3 amide bonds. The standard InChI is InChI=1S/C24H21BrN2O6S/c1-4-10-33-22-18(25)11-15(12-19(22)31-3)13-20-23(29)27(24(30)34-20)14-21(28)26-16-6-8-17(9-7-16)32-5-2/h1,6-9,11-13H,5,10,14H2,2-3H3,(H,26,28)/b20-13+. The van der Waals surface area contributed by atoms with Crippen LogP contribution < -0.4 is 19.5 Å². The molecule has 0 atom stereocenters. The lowest BCUT2D eigenvalue weighted by molar-refractivity contribution is -0.127. The third kappa shape index (κ3) is 6.12. The van der Waals surface area contributed by atoms with Crippen molar-refractivity contribution in [3.63, 3.8) is 0 Å². The zero-order valence-electron chi connectivity index (χ0n) is 18.4. The molecule has 0 radical (unpaired) electrons. The normalized spacial score (nSPS) is 14.2. The lowest BCUT2D eigenvalue weighted by atomic mass is 10.2. The van der Waals surface area contributed by atoms with Crippen LogP contribution in [0.15, 0.2) is 45.8 Å². The third-order valence-electron chi connectivity index (χ3n) is 4.47. The van der Waals surface area contributed by atoms with E-state index in [9.17, 15) is 14.4 Å². The van der Waals surface area contributed by atoms with Crippen molar-refractivity contribution in [3.8, 4) is 29.6 Å². The van der Waals surface area contributed by atoms with Crippen LogP contribution in [0.3, 0.4) is 0 Å². The Morgan fingerprint density at radius 3 is 2.62 bits per heavy atom. The van der Waals surface area contributed by atoms with E-state index in [-0.39, 0.29) is 11.5 Å². The first-order chi connectivity index (χ1) is 16.4. The van der Waals surface area contributed by atoms with Crippen LogP contribution in [-0.2, 0) is 9.59 Å². The molecule has 1 heterocycles. The van der Waals surface area contributed by atoms with E-state index in [2.05, 4.69) is 27.2 Å². The van der Waals surface area contributed by atoms with Crippen LogP contribution in [0.2, 0.25) is 0 Å². The number of amides is 3. The van der Waals surface area contributed by atoms with Crippen LogP contribution in [0.25, 0.3) is 6.08 Å². The topological polar surface area (TPSA) is 94.2 Å². The second-order valence-electron chi connectivity index (χ2n) is 6.80. The highest BCUT2D eigenvalue weighted by Gasteiger charge is 2.36. The van der Waals surface area contributed by atoms with Crippen molar-refractivity contribution in [2.75, 3.05) is 32.2 Å². The number of nitrogens with zero attached hydrogens (tertiary/aromatic N) is 1. The number of carbonyl (C=O) groups is 3. The molecule has 0 spiro atoms. The predicted octanol–water partition coefficient (Wildman–Crippen LogP) is 4.54. The zero-order valence-corrected chi connectivity index (χ0v) is 20.8. The minimum atomic E-state index is -0.556. The average Bonchev–Trinajstić information content (AvgIpc) is 3.06. The highest BCUT2D eigenvalue weighted by atomic mass is 79.9. The number of imide groups is 1. The fourth-order valence-corrected chi connectivity index (χ4v) is 4.42. The maximum atomic E-state index is 12.8. The van der Waals surface area contributed by atoms with Gasteiger partial charge in [-0.1, -0.05) is 5.92 Å². The first-order valence-corrected chi connectivity index (χ1v) is 11.7. The van der Waals surface area contributed by atoms with E-state index < -0.39 is 23.6 Å². The van der Waals surface area contributed by atoms with Gasteiger partial charge in [0.25, 0.3) is 11.1 Å². The summed E-state index contributed by atoms with van der Waals surface area (Å²) in [6.45, 7) is 2.07. The highest BCUT2D eigenvalue weighted by molar-refractivity contribution is 9.10. The zero-order chi connectivity index (χ0) is 24.7. The first-order valence-electron chi connectivity index (χ1n) is 10.1. The number of nitrogens with one attached hydrogen (secondary N) is 1. The number of carbonyl (C=O) groups excluding carboxylic acids is 3. The fourth-order valence-electron chi connectivity index (χ4n) is 3.01. The number of hydrogen-bond donors (Lipinski definition) is 1. The van der Waals surface area contributed by atoms with Crippen LogP contribution >= 0.6 is 27.7 Å². The number of anilines is 1. The summed E-state index contributed by atoms with van der Waals surface area (Å²) in [5.74, 6) is 2.84. The van der Waals surface area contributed by atoms with Crippen molar-refractivity contribution in [2.24, 2.45) is 0 Å². The van der Waals surface area contributed by atoms with Crippen LogP contribution in [0, 0.1) is 12.3 Å². The number of terminal acetylenes is 1. The molecule has 1 saturated heterocycles. The number of rotatable bonds is 9. The van der Waals surface area contributed by atoms with Crippen molar-refractivity contribution in [1.29, 1.82) is 0 Å². The summed E-state index contributed by atoms with van der Waals surface area (Å²) in [6.07, 6.45) is 6.79. The molecule has 1 aliphatic heterocycles. The van der Waals surface area contributed by atoms with E-state index in [1.807, 2.05) is 6.92 Å². The van der Waals surface area contributed by atoms with Crippen molar-refractivity contribution in [3.05, 3.63) is 51.3 Å². The van der Waals surface area contributed by atoms with Gasteiger partial charge in [0.05, 0.1) is 23.1 Å². The predicted molar refractivity (Wildman–Crippen MR) is 134 cm³/mol. The number of methoxy groups -OCH3 is 1. The minimum absolute atomic E-state index is 0.0614. The Hall–Kier alpha value is -3.42. The summed E-state index contributed by atoms with van der Waals surface area (Å²) in [4.78, 5) is 38.7. The summed E-state index contributed by atoms with van der Waals surface area (Å²) >= 11 is 4.16. The molecule has 2 aromatic carbocycles. The monoisotopic (exact) mass is 544 g/mol. The molecule has 34 heavy (non-hydrogen) atoms. The Morgan fingerprint density at radius 2 is 1.97 bits per heavy atom. The van der Waals surface area contributed by atoms with E-state index in [1.165, 1.54) is 7.11 Å². The van der Waals surface area contributed by atoms with Crippen molar-refractivity contribution < 1.29 is 28.6 Å². The number of halogens is 1. The van der Waals surface area contributed by atoms with Gasteiger partial charge in [0.1, 0.15) is 18.9 Å². The molecule has 0 aromatic heterocycles. The Bertz CT molecular complexity index is 1170. The summed E-state index contributed by atoms with van der Waals surface area (Å²) in [6, 6.07) is 10.2. The molecule has 176 valence electrons. The number of thioether (sulfide) groups is 1. The van der Waals surface area contributed by atoms with Gasteiger partial charge < -0.3 is 19.5 Å². The van der Waals surface area contributed by atoms with Crippen LogP contribution in [0.4, 0.5) is 10.5 Å². The Kier molecular flexibility index (Phi) is 8.62. The van der Waals surface area contributed by atoms with E-state index in [4.69, 9.17) is 20.6 Å². The number of hydrogen-bond acceptors (Lipinski definition) is 7. The second-order valence-corrected chi connectivity index (χ2v) is 8.65. The molecule has 0 saturated carbocycles.